The third-order valence-corrected chi connectivity index (χ3v) is 9.71. The third kappa shape index (κ3) is 7.17. The van der Waals surface area contributed by atoms with Crippen LogP contribution < -0.4 is 5.73 Å². The molecule has 0 amide bonds. The van der Waals surface area contributed by atoms with Crippen LogP contribution in [-0.2, 0) is 6.54 Å². The van der Waals surface area contributed by atoms with Gasteiger partial charge in [-0.15, -0.1) is 0 Å². The van der Waals surface area contributed by atoms with Crippen molar-refractivity contribution in [2.75, 3.05) is 0 Å². The molecule has 8 heteroatoms. The molecular formula is C49H33N7O. The number of hydrogen-bond donors (Lipinski definition) is 1. The molecule has 9 aromatic rings. The van der Waals surface area contributed by atoms with Crippen LogP contribution in [0.4, 0.5) is 0 Å². The van der Waals surface area contributed by atoms with Crippen LogP contribution in [-0.4, -0.2) is 26.6 Å². The van der Waals surface area contributed by atoms with Crippen molar-refractivity contribution in [2.45, 2.75) is 6.54 Å². The summed E-state index contributed by atoms with van der Waals surface area (Å²) in [7, 11) is 0. The average Bonchev–Trinajstić information content (AvgIpc) is 3.67. The van der Waals surface area contributed by atoms with Crippen LogP contribution in [0.3, 0.4) is 0 Å². The molecule has 0 spiro atoms. The van der Waals surface area contributed by atoms with Crippen LogP contribution in [0, 0.1) is 11.3 Å². The minimum Gasteiger partial charge on any atom is -0.456 e. The predicted molar refractivity (Wildman–Crippen MR) is 227 cm³/mol. The lowest BCUT2D eigenvalue weighted by atomic mass is 9.99. The summed E-state index contributed by atoms with van der Waals surface area (Å²) in [6.45, 7) is 0.461. The largest absolute Gasteiger partial charge is 0.456 e. The molecule has 270 valence electrons. The Hall–Kier alpha value is -8.02. The Balaban J connectivity index is 1.14. The zero-order valence-corrected chi connectivity index (χ0v) is 30.6. The number of rotatable bonds is 8. The predicted octanol–water partition coefficient (Wildman–Crippen LogP) is 10.7. The summed E-state index contributed by atoms with van der Waals surface area (Å²) < 4.78 is 6.37. The SMILES string of the molecule is N#Cc1ccccc1-c1ccc(-c2nc(-c3ccccc3)nc(-c3ccc4oc5cccc(C(N)=NC(=NCc6ccccc6)c6ccccc6)c5c4c3)n2)cc1. The van der Waals surface area contributed by atoms with Crippen molar-refractivity contribution >= 4 is 33.6 Å². The smallest absolute Gasteiger partial charge is 0.164 e. The average molecular weight is 736 g/mol. The molecule has 2 aromatic heterocycles. The zero-order valence-electron chi connectivity index (χ0n) is 30.6. The van der Waals surface area contributed by atoms with E-state index in [-0.39, 0.29) is 0 Å². The second kappa shape index (κ2) is 15.4. The van der Waals surface area contributed by atoms with E-state index in [2.05, 4.69) is 6.07 Å². The maximum atomic E-state index is 9.68. The van der Waals surface area contributed by atoms with Gasteiger partial charge in [0.05, 0.1) is 18.2 Å². The first-order chi connectivity index (χ1) is 28.1. The van der Waals surface area contributed by atoms with Gasteiger partial charge in [-0.05, 0) is 47.0 Å². The lowest BCUT2D eigenvalue weighted by molar-refractivity contribution is 0.669. The van der Waals surface area contributed by atoms with E-state index in [0.717, 1.165) is 55.3 Å². The summed E-state index contributed by atoms with van der Waals surface area (Å²) in [6, 6.07) is 59.3. The first-order valence-electron chi connectivity index (χ1n) is 18.5. The summed E-state index contributed by atoms with van der Waals surface area (Å²) in [5, 5.41) is 11.4. The number of fused-ring (bicyclic) bond motifs is 3. The summed E-state index contributed by atoms with van der Waals surface area (Å²) >= 11 is 0. The molecule has 0 aliphatic rings. The van der Waals surface area contributed by atoms with E-state index in [9.17, 15) is 5.26 Å². The standard InChI is InChI=1S/C49H33N7O/c50-30-38-19-10-11-20-39(38)33-23-25-36(26-24-33)48-54-47(35-17-8-3-9-18-35)55-49(56-48)37-27-28-42-41(29-37)44-40(21-12-22-43(44)57-42)45(51)53-46(34-15-6-2-7-16-34)52-31-32-13-4-1-5-14-32/h1-29H,31H2,(H2,51,52,53). The fourth-order valence-corrected chi connectivity index (χ4v) is 6.86. The fraction of sp³-hybridized carbons (Fsp3) is 0.0204. The van der Waals surface area contributed by atoms with Crippen molar-refractivity contribution < 1.29 is 4.42 Å². The van der Waals surface area contributed by atoms with Gasteiger partial charge < -0.3 is 10.2 Å². The molecule has 0 unspecified atom stereocenters. The van der Waals surface area contributed by atoms with Gasteiger partial charge in [-0.25, -0.2) is 19.9 Å². The maximum absolute atomic E-state index is 9.68. The summed E-state index contributed by atoms with van der Waals surface area (Å²) in [6.07, 6.45) is 0. The minimum atomic E-state index is 0.319. The van der Waals surface area contributed by atoms with Gasteiger partial charge in [-0.3, -0.25) is 4.99 Å². The van der Waals surface area contributed by atoms with Gasteiger partial charge in [0, 0.05) is 38.6 Å². The van der Waals surface area contributed by atoms with Gasteiger partial charge in [0.2, 0.25) is 0 Å². The van der Waals surface area contributed by atoms with Crippen molar-refractivity contribution in [1.29, 1.82) is 5.26 Å². The lowest BCUT2D eigenvalue weighted by Gasteiger charge is -2.10. The number of nitrogens with two attached hydrogens (primary N) is 1. The maximum Gasteiger partial charge on any atom is 0.164 e. The molecule has 0 saturated carbocycles. The van der Waals surface area contributed by atoms with Gasteiger partial charge in [0.15, 0.2) is 23.3 Å². The molecular weight excluding hydrogens is 703 g/mol. The number of aliphatic imine (C=N–C) groups is 2. The normalized spacial score (nSPS) is 11.8. The van der Waals surface area contributed by atoms with E-state index in [1.807, 2.05) is 176 Å². The van der Waals surface area contributed by atoms with Crippen LogP contribution in [0.1, 0.15) is 22.3 Å². The second-order valence-electron chi connectivity index (χ2n) is 13.4. The fourth-order valence-electron chi connectivity index (χ4n) is 6.86. The summed E-state index contributed by atoms with van der Waals surface area (Å²) in [4.78, 5) is 24.7. The highest BCUT2D eigenvalue weighted by atomic mass is 16.3. The molecule has 0 saturated heterocycles. The van der Waals surface area contributed by atoms with Crippen molar-refractivity contribution in [3.8, 4) is 51.4 Å². The number of aromatic nitrogens is 3. The molecule has 0 aliphatic carbocycles. The van der Waals surface area contributed by atoms with Crippen LogP contribution in [0.5, 0.6) is 0 Å². The highest BCUT2D eigenvalue weighted by molar-refractivity contribution is 6.20. The summed E-state index contributed by atoms with van der Waals surface area (Å²) in [5.74, 6) is 2.44. The molecule has 2 N–H and O–H groups in total. The van der Waals surface area contributed by atoms with E-state index in [1.165, 1.54) is 0 Å². The molecule has 0 bridgehead atoms. The highest BCUT2D eigenvalue weighted by Crippen LogP contribution is 2.35. The Morgan fingerprint density at radius 1 is 0.579 bits per heavy atom. The summed E-state index contributed by atoms with van der Waals surface area (Å²) in [5.41, 5.74) is 15.8. The van der Waals surface area contributed by atoms with E-state index >= 15 is 0 Å². The number of benzene rings is 7. The van der Waals surface area contributed by atoms with E-state index in [4.69, 9.17) is 35.1 Å². The number of furan rings is 1. The number of hydrogen-bond acceptors (Lipinski definition) is 6. The van der Waals surface area contributed by atoms with Crippen LogP contribution in [0.15, 0.2) is 190 Å². The lowest BCUT2D eigenvalue weighted by Crippen LogP contribution is -2.17. The Morgan fingerprint density at radius 3 is 1.89 bits per heavy atom. The van der Waals surface area contributed by atoms with Crippen LogP contribution >= 0.6 is 0 Å². The highest BCUT2D eigenvalue weighted by Gasteiger charge is 2.18. The molecule has 0 atom stereocenters. The molecule has 7 aromatic carbocycles. The first kappa shape index (κ1) is 34.7. The molecule has 8 nitrogen and oxygen atoms in total. The van der Waals surface area contributed by atoms with Crippen molar-refractivity contribution in [2.24, 2.45) is 15.7 Å². The zero-order chi connectivity index (χ0) is 38.6. The molecule has 0 radical (unpaired) electrons. The van der Waals surface area contributed by atoms with E-state index in [1.54, 1.807) is 0 Å². The third-order valence-electron chi connectivity index (χ3n) is 9.71. The topological polar surface area (TPSA) is 126 Å². The minimum absolute atomic E-state index is 0.319. The van der Waals surface area contributed by atoms with Crippen molar-refractivity contribution in [1.82, 2.24) is 15.0 Å². The quantitative estimate of drug-likeness (QED) is 0.122. The van der Waals surface area contributed by atoms with Gasteiger partial charge in [-0.2, -0.15) is 5.26 Å². The number of nitrogens with zero attached hydrogens (tertiary/aromatic N) is 6. The molecule has 0 aliphatic heterocycles. The Morgan fingerprint density at radius 2 is 1.18 bits per heavy atom. The van der Waals surface area contributed by atoms with E-state index < -0.39 is 0 Å². The van der Waals surface area contributed by atoms with Gasteiger partial charge in [0.1, 0.15) is 17.0 Å². The molecule has 9 rings (SSSR count). The number of nitriles is 1. The molecule has 57 heavy (non-hydrogen) atoms. The Bertz CT molecular complexity index is 2990. The van der Waals surface area contributed by atoms with Crippen LogP contribution in [0.2, 0.25) is 0 Å². The van der Waals surface area contributed by atoms with E-state index in [0.29, 0.717) is 52.4 Å². The first-order valence-corrected chi connectivity index (χ1v) is 18.5. The molecule has 0 fully saturated rings. The van der Waals surface area contributed by atoms with Gasteiger partial charge >= 0.3 is 0 Å². The van der Waals surface area contributed by atoms with Crippen LogP contribution in [0.25, 0.3) is 67.2 Å². The molecule has 2 heterocycles. The van der Waals surface area contributed by atoms with Crippen molar-refractivity contribution in [3.05, 3.63) is 198 Å². The van der Waals surface area contributed by atoms with Gasteiger partial charge in [0.25, 0.3) is 0 Å². The number of amidine groups is 2. The monoisotopic (exact) mass is 735 g/mol. The Labute approximate surface area is 329 Å². The van der Waals surface area contributed by atoms with Crippen molar-refractivity contribution in [3.63, 3.8) is 0 Å². The Kier molecular flexibility index (Phi) is 9.37. The second-order valence-corrected chi connectivity index (χ2v) is 13.4. The van der Waals surface area contributed by atoms with Gasteiger partial charge in [-0.1, -0.05) is 146 Å².